The number of aliphatic hydroxyl groups excluding tert-OH is 1. The molecule has 4 rings (SSSR count). The number of hydrogen-bond acceptors (Lipinski definition) is 6. The summed E-state index contributed by atoms with van der Waals surface area (Å²) in [5.74, 6) is -0.0464. The van der Waals surface area contributed by atoms with Gasteiger partial charge in [-0.3, -0.25) is 10.1 Å². The maximum absolute atomic E-state index is 12.7. The lowest BCUT2D eigenvalue weighted by Crippen LogP contribution is -2.36. The zero-order valence-corrected chi connectivity index (χ0v) is 19.2. The first kappa shape index (κ1) is 22.3. The maximum Gasteiger partial charge on any atom is 0.277 e. The van der Waals surface area contributed by atoms with Crippen LogP contribution < -0.4 is 15.5 Å². The molecule has 1 aliphatic heterocycles. The molecule has 1 aromatic heterocycles. The van der Waals surface area contributed by atoms with Crippen molar-refractivity contribution in [1.82, 2.24) is 10.3 Å². The molecule has 0 unspecified atom stereocenters. The Bertz CT molecular complexity index is 1090. The van der Waals surface area contributed by atoms with Gasteiger partial charge < -0.3 is 15.3 Å². The highest BCUT2D eigenvalue weighted by molar-refractivity contribution is 7.09. The van der Waals surface area contributed by atoms with Crippen LogP contribution in [0.5, 0.6) is 0 Å². The Labute approximate surface area is 195 Å². The third kappa shape index (κ3) is 5.85. The molecule has 0 saturated carbocycles. The maximum atomic E-state index is 12.7. The number of piperidine rings is 1. The highest BCUT2D eigenvalue weighted by Crippen LogP contribution is 2.23. The molecule has 3 N–H and O–H groups in total. The van der Waals surface area contributed by atoms with Crippen molar-refractivity contribution in [3.63, 3.8) is 0 Å². The number of aromatic nitrogens is 1. The average Bonchev–Trinajstić information content (AvgIpc) is 3.23. The largest absolute Gasteiger partial charge is 0.393 e. The highest BCUT2D eigenvalue weighted by atomic mass is 35.5. The van der Waals surface area contributed by atoms with Gasteiger partial charge in [0.1, 0.15) is 5.69 Å². The van der Waals surface area contributed by atoms with E-state index in [-0.39, 0.29) is 18.0 Å². The summed E-state index contributed by atoms with van der Waals surface area (Å²) in [7, 11) is 0. The molecule has 2 aromatic carbocycles. The summed E-state index contributed by atoms with van der Waals surface area (Å²) in [5, 5.41) is 18.9. The Morgan fingerprint density at radius 1 is 1.16 bits per heavy atom. The number of hydrogen-bond donors (Lipinski definition) is 3. The number of nitrogens with one attached hydrogen (secondary N) is 2. The molecule has 32 heavy (non-hydrogen) atoms. The number of anilines is 2. The fraction of sp³-hybridized carbons (Fsp3) is 0.261. The molecule has 0 aliphatic carbocycles. The molecule has 1 amide bonds. The van der Waals surface area contributed by atoms with Crippen molar-refractivity contribution in [2.24, 2.45) is 4.99 Å². The molecular formula is C23H24ClN5O2S. The average molecular weight is 470 g/mol. The number of guanidine groups is 1. The Morgan fingerprint density at radius 3 is 2.47 bits per heavy atom. The third-order valence-corrected chi connectivity index (χ3v) is 6.14. The minimum atomic E-state index is -0.335. The molecule has 2 heterocycles. The smallest absolute Gasteiger partial charge is 0.277 e. The molecule has 0 radical (unpaired) electrons. The summed E-state index contributed by atoms with van der Waals surface area (Å²) in [6, 6.07) is 15.0. The third-order valence-electron chi connectivity index (χ3n) is 5.11. The normalized spacial score (nSPS) is 15.0. The number of thiazole rings is 1. The van der Waals surface area contributed by atoms with Gasteiger partial charge in [0.15, 0.2) is 0 Å². The zero-order valence-electron chi connectivity index (χ0n) is 17.6. The number of rotatable bonds is 4. The van der Waals surface area contributed by atoms with Crippen molar-refractivity contribution in [3.8, 4) is 0 Å². The van der Waals surface area contributed by atoms with Crippen molar-refractivity contribution in [1.29, 1.82) is 0 Å². The van der Waals surface area contributed by atoms with E-state index in [0.717, 1.165) is 42.3 Å². The van der Waals surface area contributed by atoms with Gasteiger partial charge in [-0.25, -0.2) is 9.98 Å². The molecule has 0 bridgehead atoms. The number of aryl methyl sites for hydroxylation is 1. The monoisotopic (exact) mass is 469 g/mol. The molecule has 1 fully saturated rings. The second kappa shape index (κ2) is 10.1. The van der Waals surface area contributed by atoms with Gasteiger partial charge in [-0.05, 0) is 68.3 Å². The number of amides is 1. The SMILES string of the molecule is Cc1nc(C(=O)NC(=Nc2ccc(Cl)cc2)Nc2ccc(N3CCC(O)CC3)cc2)cs1. The van der Waals surface area contributed by atoms with E-state index >= 15 is 0 Å². The van der Waals surface area contributed by atoms with E-state index in [1.165, 1.54) is 11.3 Å². The van der Waals surface area contributed by atoms with Gasteiger partial charge in [-0.2, -0.15) is 0 Å². The zero-order chi connectivity index (χ0) is 22.5. The fourth-order valence-corrected chi connectivity index (χ4v) is 4.11. The van der Waals surface area contributed by atoms with Crippen LogP contribution in [0.25, 0.3) is 0 Å². The van der Waals surface area contributed by atoms with E-state index in [2.05, 4.69) is 25.5 Å². The van der Waals surface area contributed by atoms with E-state index in [9.17, 15) is 9.90 Å². The first-order valence-electron chi connectivity index (χ1n) is 10.3. The number of benzene rings is 2. The van der Waals surface area contributed by atoms with Gasteiger partial charge in [0.05, 0.1) is 16.8 Å². The second-order valence-electron chi connectivity index (χ2n) is 7.53. The molecule has 3 aromatic rings. The van der Waals surface area contributed by atoms with Crippen LogP contribution in [0, 0.1) is 6.92 Å². The van der Waals surface area contributed by atoms with Crippen LogP contribution in [0.1, 0.15) is 28.3 Å². The van der Waals surface area contributed by atoms with Gasteiger partial charge in [0, 0.05) is 34.9 Å². The Balaban J connectivity index is 1.51. The lowest BCUT2D eigenvalue weighted by molar-refractivity contribution is 0.0972. The molecule has 1 aliphatic rings. The first-order valence-corrected chi connectivity index (χ1v) is 11.6. The first-order chi connectivity index (χ1) is 15.5. The number of nitrogens with zero attached hydrogens (tertiary/aromatic N) is 3. The molecule has 0 spiro atoms. The van der Waals surface area contributed by atoms with Gasteiger partial charge in [-0.1, -0.05) is 11.6 Å². The van der Waals surface area contributed by atoms with Crippen LogP contribution in [0.15, 0.2) is 58.9 Å². The summed E-state index contributed by atoms with van der Waals surface area (Å²) >= 11 is 7.39. The molecule has 166 valence electrons. The van der Waals surface area contributed by atoms with Gasteiger partial charge in [0.2, 0.25) is 5.96 Å². The van der Waals surface area contributed by atoms with E-state index in [1.54, 1.807) is 29.6 Å². The summed E-state index contributed by atoms with van der Waals surface area (Å²) in [4.78, 5) is 23.7. The number of halogens is 1. The number of carbonyl (C=O) groups is 1. The molecule has 1 saturated heterocycles. The minimum absolute atomic E-state index is 0.205. The number of aliphatic imine (C=N–C) groups is 1. The van der Waals surface area contributed by atoms with E-state index in [1.807, 2.05) is 31.2 Å². The predicted octanol–water partition coefficient (Wildman–Crippen LogP) is 4.60. The lowest BCUT2D eigenvalue weighted by Gasteiger charge is -2.31. The van der Waals surface area contributed by atoms with Crippen LogP contribution in [0.2, 0.25) is 5.02 Å². The van der Waals surface area contributed by atoms with Crippen LogP contribution in [-0.2, 0) is 0 Å². The van der Waals surface area contributed by atoms with Crippen molar-refractivity contribution >= 4 is 51.9 Å². The van der Waals surface area contributed by atoms with Crippen LogP contribution in [-0.4, -0.2) is 41.2 Å². The van der Waals surface area contributed by atoms with E-state index in [4.69, 9.17) is 11.6 Å². The summed E-state index contributed by atoms with van der Waals surface area (Å²) in [6.45, 7) is 3.52. The lowest BCUT2D eigenvalue weighted by atomic mass is 10.1. The number of carbonyl (C=O) groups excluding carboxylic acids is 1. The van der Waals surface area contributed by atoms with Crippen LogP contribution >= 0.6 is 22.9 Å². The standard InChI is InChI=1S/C23H24ClN5O2S/c1-15-25-21(14-32-15)22(31)28-23(26-17-4-2-16(24)3-5-17)27-18-6-8-19(9-7-18)29-12-10-20(30)11-13-29/h2-9,14,20,30H,10-13H2,1H3,(H2,26,27,28,31). The topological polar surface area (TPSA) is 89.8 Å². The number of aliphatic hydroxyl groups is 1. The van der Waals surface area contributed by atoms with Crippen LogP contribution in [0.3, 0.4) is 0 Å². The Morgan fingerprint density at radius 2 is 1.84 bits per heavy atom. The van der Waals surface area contributed by atoms with Crippen molar-refractivity contribution in [2.75, 3.05) is 23.3 Å². The quantitative estimate of drug-likeness (QED) is 0.384. The van der Waals surface area contributed by atoms with E-state index in [0.29, 0.717) is 16.4 Å². The Hall–Kier alpha value is -2.94. The summed E-state index contributed by atoms with van der Waals surface area (Å²) in [5.41, 5.74) is 2.88. The van der Waals surface area contributed by atoms with Gasteiger partial charge in [-0.15, -0.1) is 11.3 Å². The Kier molecular flexibility index (Phi) is 7.04. The van der Waals surface area contributed by atoms with Crippen LogP contribution in [0.4, 0.5) is 17.1 Å². The van der Waals surface area contributed by atoms with Crippen molar-refractivity contribution in [2.45, 2.75) is 25.9 Å². The van der Waals surface area contributed by atoms with E-state index < -0.39 is 0 Å². The molecule has 7 nitrogen and oxygen atoms in total. The minimum Gasteiger partial charge on any atom is -0.393 e. The fourth-order valence-electron chi connectivity index (χ4n) is 3.39. The van der Waals surface area contributed by atoms with Crippen molar-refractivity contribution < 1.29 is 9.90 Å². The molecular weight excluding hydrogens is 446 g/mol. The highest BCUT2D eigenvalue weighted by Gasteiger charge is 2.17. The predicted molar refractivity (Wildman–Crippen MR) is 130 cm³/mol. The molecule has 9 heteroatoms. The van der Waals surface area contributed by atoms with Gasteiger partial charge in [0.25, 0.3) is 5.91 Å². The summed E-state index contributed by atoms with van der Waals surface area (Å²) < 4.78 is 0. The summed E-state index contributed by atoms with van der Waals surface area (Å²) in [6.07, 6.45) is 1.35. The van der Waals surface area contributed by atoms with Gasteiger partial charge >= 0.3 is 0 Å². The van der Waals surface area contributed by atoms with Crippen molar-refractivity contribution in [3.05, 3.63) is 69.6 Å². The molecule has 0 atom stereocenters. The second-order valence-corrected chi connectivity index (χ2v) is 9.03.